The molecule has 0 atom stereocenters. The number of aryl methyl sites for hydroxylation is 1. The Balaban J connectivity index is 2.13. The van der Waals surface area contributed by atoms with Crippen molar-refractivity contribution < 1.29 is 4.39 Å². The molecule has 4 nitrogen and oxygen atoms in total. The van der Waals surface area contributed by atoms with E-state index in [1.807, 2.05) is 35.6 Å². The lowest BCUT2D eigenvalue weighted by molar-refractivity contribution is 0.628. The van der Waals surface area contributed by atoms with E-state index in [1.165, 1.54) is 12.1 Å². The molecule has 0 radical (unpaired) electrons. The number of benzene rings is 2. The number of halogens is 1. The Labute approximate surface area is 119 Å². The standard InChI is InChI=1S/C16H11FN4/c1-10-15-19-20-16(11-6-8-12(17)9-7-11)21(15)14-5-3-2-4-13(14)18-10/h2-9H,1H3. The zero-order valence-electron chi connectivity index (χ0n) is 11.3. The summed E-state index contributed by atoms with van der Waals surface area (Å²) >= 11 is 0. The Morgan fingerprint density at radius 3 is 2.52 bits per heavy atom. The Kier molecular flexibility index (Phi) is 2.47. The lowest BCUT2D eigenvalue weighted by Crippen LogP contribution is -1.97. The fourth-order valence-electron chi connectivity index (χ4n) is 2.51. The van der Waals surface area contributed by atoms with Crippen molar-refractivity contribution in [2.75, 3.05) is 0 Å². The lowest BCUT2D eigenvalue weighted by Gasteiger charge is -2.06. The molecule has 2 heterocycles. The molecule has 4 rings (SSSR count). The molecule has 4 aromatic rings. The molecule has 21 heavy (non-hydrogen) atoms. The Bertz CT molecular complexity index is 957. The van der Waals surface area contributed by atoms with Crippen molar-refractivity contribution in [1.82, 2.24) is 19.6 Å². The Morgan fingerprint density at radius 2 is 1.71 bits per heavy atom. The second-order valence-corrected chi connectivity index (χ2v) is 4.88. The fraction of sp³-hybridized carbons (Fsp3) is 0.0625. The number of aromatic nitrogens is 4. The number of para-hydroxylation sites is 2. The number of nitrogens with zero attached hydrogens (tertiary/aromatic N) is 4. The van der Waals surface area contributed by atoms with Crippen molar-refractivity contribution in [2.24, 2.45) is 0 Å². The highest BCUT2D eigenvalue weighted by Gasteiger charge is 2.13. The fourth-order valence-corrected chi connectivity index (χ4v) is 2.51. The first-order valence-electron chi connectivity index (χ1n) is 6.60. The van der Waals surface area contributed by atoms with Crippen LogP contribution in [-0.2, 0) is 0 Å². The summed E-state index contributed by atoms with van der Waals surface area (Å²) in [5.41, 5.74) is 4.16. The van der Waals surface area contributed by atoms with Crippen LogP contribution in [0.2, 0.25) is 0 Å². The lowest BCUT2D eigenvalue weighted by atomic mass is 10.2. The highest BCUT2D eigenvalue weighted by Crippen LogP contribution is 2.24. The SMILES string of the molecule is Cc1nc2ccccc2n2c(-c3ccc(F)cc3)nnc12. The van der Waals surface area contributed by atoms with Crippen molar-refractivity contribution in [3.05, 3.63) is 60.0 Å². The third-order valence-corrected chi connectivity index (χ3v) is 3.50. The van der Waals surface area contributed by atoms with Crippen molar-refractivity contribution in [2.45, 2.75) is 6.92 Å². The molecule has 0 aliphatic heterocycles. The maximum Gasteiger partial charge on any atom is 0.183 e. The molecule has 2 aromatic heterocycles. The predicted octanol–water partition coefficient (Wildman–Crippen LogP) is 3.39. The Hall–Kier alpha value is -2.82. The van der Waals surface area contributed by atoms with Gasteiger partial charge in [0.1, 0.15) is 5.82 Å². The summed E-state index contributed by atoms with van der Waals surface area (Å²) in [5, 5.41) is 8.48. The maximum atomic E-state index is 13.1. The minimum Gasteiger partial charge on any atom is -0.272 e. The third kappa shape index (κ3) is 1.78. The van der Waals surface area contributed by atoms with Crippen LogP contribution in [0.5, 0.6) is 0 Å². The van der Waals surface area contributed by atoms with E-state index < -0.39 is 0 Å². The van der Waals surface area contributed by atoms with Crippen molar-refractivity contribution in [1.29, 1.82) is 0 Å². The molecule has 0 unspecified atom stereocenters. The highest BCUT2D eigenvalue weighted by atomic mass is 19.1. The van der Waals surface area contributed by atoms with Gasteiger partial charge in [0.25, 0.3) is 0 Å². The van der Waals surface area contributed by atoms with Gasteiger partial charge in [0.05, 0.1) is 16.7 Å². The minimum atomic E-state index is -0.268. The summed E-state index contributed by atoms with van der Waals surface area (Å²) in [6.07, 6.45) is 0. The van der Waals surface area contributed by atoms with Gasteiger partial charge < -0.3 is 0 Å². The van der Waals surface area contributed by atoms with E-state index >= 15 is 0 Å². The van der Waals surface area contributed by atoms with Gasteiger partial charge in [-0.1, -0.05) is 12.1 Å². The zero-order chi connectivity index (χ0) is 14.4. The van der Waals surface area contributed by atoms with Gasteiger partial charge in [-0.2, -0.15) is 0 Å². The summed E-state index contributed by atoms with van der Waals surface area (Å²) in [4.78, 5) is 4.54. The van der Waals surface area contributed by atoms with Crippen LogP contribution in [0.4, 0.5) is 4.39 Å². The summed E-state index contributed by atoms with van der Waals surface area (Å²) in [6.45, 7) is 1.91. The van der Waals surface area contributed by atoms with E-state index in [0.717, 1.165) is 22.3 Å². The second-order valence-electron chi connectivity index (χ2n) is 4.88. The van der Waals surface area contributed by atoms with Gasteiger partial charge in [-0.3, -0.25) is 4.40 Å². The first-order valence-corrected chi connectivity index (χ1v) is 6.60. The first-order chi connectivity index (χ1) is 10.2. The highest BCUT2D eigenvalue weighted by molar-refractivity contribution is 5.81. The molecule has 0 spiro atoms. The molecule has 0 aliphatic carbocycles. The molecule has 0 bridgehead atoms. The van der Waals surface area contributed by atoms with Crippen LogP contribution in [0.15, 0.2) is 48.5 Å². The van der Waals surface area contributed by atoms with E-state index in [2.05, 4.69) is 15.2 Å². The molecule has 2 aromatic carbocycles. The molecule has 0 fully saturated rings. The van der Waals surface area contributed by atoms with Gasteiger partial charge >= 0.3 is 0 Å². The molecule has 102 valence electrons. The van der Waals surface area contributed by atoms with Crippen molar-refractivity contribution >= 4 is 16.7 Å². The second kappa shape index (κ2) is 4.34. The summed E-state index contributed by atoms with van der Waals surface area (Å²) in [5.74, 6) is 0.418. The zero-order valence-corrected chi connectivity index (χ0v) is 11.3. The van der Waals surface area contributed by atoms with Gasteiger partial charge in [0.15, 0.2) is 11.5 Å². The predicted molar refractivity (Wildman–Crippen MR) is 78.4 cm³/mol. The van der Waals surface area contributed by atoms with Gasteiger partial charge in [-0.15, -0.1) is 10.2 Å². The van der Waals surface area contributed by atoms with Gasteiger partial charge in [0, 0.05) is 5.56 Å². The monoisotopic (exact) mass is 278 g/mol. The summed E-state index contributed by atoms with van der Waals surface area (Å²) < 4.78 is 15.1. The molecule has 0 N–H and O–H groups in total. The minimum absolute atomic E-state index is 0.268. The van der Waals surface area contributed by atoms with E-state index in [0.29, 0.717) is 11.5 Å². The molecule has 0 saturated carbocycles. The van der Waals surface area contributed by atoms with Crippen molar-refractivity contribution in [3.8, 4) is 11.4 Å². The molecular formula is C16H11FN4. The molecule has 0 saturated heterocycles. The Morgan fingerprint density at radius 1 is 0.952 bits per heavy atom. The van der Waals surface area contributed by atoms with Crippen LogP contribution in [-0.4, -0.2) is 19.6 Å². The maximum absolute atomic E-state index is 13.1. The number of rotatable bonds is 1. The van der Waals surface area contributed by atoms with Crippen LogP contribution in [0.25, 0.3) is 28.1 Å². The molecule has 0 aliphatic rings. The average molecular weight is 278 g/mol. The molecular weight excluding hydrogens is 267 g/mol. The van der Waals surface area contributed by atoms with E-state index in [9.17, 15) is 4.39 Å². The molecule has 5 heteroatoms. The topological polar surface area (TPSA) is 43.1 Å². The third-order valence-electron chi connectivity index (χ3n) is 3.50. The van der Waals surface area contributed by atoms with Crippen LogP contribution in [0, 0.1) is 12.7 Å². The summed E-state index contributed by atoms with van der Waals surface area (Å²) in [7, 11) is 0. The average Bonchev–Trinajstić information content (AvgIpc) is 2.94. The van der Waals surface area contributed by atoms with Crippen molar-refractivity contribution in [3.63, 3.8) is 0 Å². The van der Waals surface area contributed by atoms with E-state index in [-0.39, 0.29) is 5.82 Å². The number of hydrogen-bond acceptors (Lipinski definition) is 3. The summed E-state index contributed by atoms with van der Waals surface area (Å²) in [6, 6.07) is 14.1. The quantitative estimate of drug-likeness (QED) is 0.536. The van der Waals surface area contributed by atoms with E-state index in [1.54, 1.807) is 12.1 Å². The van der Waals surface area contributed by atoms with Gasteiger partial charge in [-0.25, -0.2) is 9.37 Å². The number of hydrogen-bond donors (Lipinski definition) is 0. The molecule has 0 amide bonds. The van der Waals surface area contributed by atoms with Gasteiger partial charge in [0.2, 0.25) is 0 Å². The smallest absolute Gasteiger partial charge is 0.183 e. The van der Waals surface area contributed by atoms with Crippen LogP contribution >= 0.6 is 0 Å². The van der Waals surface area contributed by atoms with E-state index in [4.69, 9.17) is 0 Å². The first kappa shape index (κ1) is 12.0. The normalized spacial score (nSPS) is 11.3. The van der Waals surface area contributed by atoms with Crippen LogP contribution in [0.3, 0.4) is 0 Å². The van der Waals surface area contributed by atoms with Crippen LogP contribution in [0.1, 0.15) is 5.69 Å². The van der Waals surface area contributed by atoms with Gasteiger partial charge in [-0.05, 0) is 43.3 Å². The van der Waals surface area contributed by atoms with Crippen LogP contribution < -0.4 is 0 Å². The largest absolute Gasteiger partial charge is 0.272 e. The number of fused-ring (bicyclic) bond motifs is 3.